The second-order valence-electron chi connectivity index (χ2n) is 5.99. The van der Waals surface area contributed by atoms with Gasteiger partial charge in [-0.1, -0.05) is 0 Å². The Morgan fingerprint density at radius 2 is 1.73 bits per heavy atom. The van der Waals surface area contributed by atoms with E-state index in [1.807, 2.05) is 13.8 Å². The fourth-order valence-corrected chi connectivity index (χ4v) is 2.22. The van der Waals surface area contributed by atoms with Crippen LogP contribution in [0.15, 0.2) is 0 Å². The summed E-state index contributed by atoms with van der Waals surface area (Å²) in [5, 5.41) is 13.8. The predicted octanol–water partition coefficient (Wildman–Crippen LogP) is 1.69. The largest absolute Gasteiger partial charge is 0.388 e. The topological polar surface area (TPSA) is 41.5 Å². The first-order valence-electron chi connectivity index (χ1n) is 5.83. The van der Waals surface area contributed by atoms with Gasteiger partial charge in [-0.05, 0) is 34.6 Å². The van der Waals surface area contributed by atoms with Crippen LogP contribution in [-0.2, 0) is 4.74 Å². The molecule has 0 bridgehead atoms. The molecule has 0 aromatic carbocycles. The van der Waals surface area contributed by atoms with Crippen molar-refractivity contribution in [3.05, 3.63) is 0 Å². The SMILES string of the molecule is CC1CC(O)(CNC(C)(C)C)CC(C)O1. The van der Waals surface area contributed by atoms with Crippen molar-refractivity contribution >= 4 is 0 Å². The van der Waals surface area contributed by atoms with E-state index in [0.29, 0.717) is 6.54 Å². The van der Waals surface area contributed by atoms with E-state index < -0.39 is 5.60 Å². The Morgan fingerprint density at radius 3 is 2.13 bits per heavy atom. The van der Waals surface area contributed by atoms with Crippen LogP contribution in [0.4, 0.5) is 0 Å². The monoisotopic (exact) mass is 215 g/mol. The van der Waals surface area contributed by atoms with Crippen LogP contribution in [-0.4, -0.2) is 35.0 Å². The molecule has 2 unspecified atom stereocenters. The van der Waals surface area contributed by atoms with Crippen molar-refractivity contribution in [3.63, 3.8) is 0 Å². The van der Waals surface area contributed by atoms with Gasteiger partial charge in [-0.2, -0.15) is 0 Å². The highest BCUT2D eigenvalue weighted by atomic mass is 16.5. The van der Waals surface area contributed by atoms with E-state index in [2.05, 4.69) is 26.1 Å². The maximum atomic E-state index is 10.4. The Kier molecular flexibility index (Phi) is 3.80. The summed E-state index contributed by atoms with van der Waals surface area (Å²) >= 11 is 0. The first kappa shape index (κ1) is 12.9. The third kappa shape index (κ3) is 4.49. The average molecular weight is 215 g/mol. The van der Waals surface area contributed by atoms with E-state index >= 15 is 0 Å². The van der Waals surface area contributed by atoms with Crippen LogP contribution < -0.4 is 5.32 Å². The maximum Gasteiger partial charge on any atom is 0.0820 e. The van der Waals surface area contributed by atoms with Crippen molar-refractivity contribution in [2.75, 3.05) is 6.54 Å². The summed E-state index contributed by atoms with van der Waals surface area (Å²) in [6.07, 6.45) is 1.75. The maximum absolute atomic E-state index is 10.4. The summed E-state index contributed by atoms with van der Waals surface area (Å²) in [7, 11) is 0. The Morgan fingerprint density at radius 1 is 1.27 bits per heavy atom. The predicted molar refractivity (Wildman–Crippen MR) is 61.9 cm³/mol. The van der Waals surface area contributed by atoms with Crippen LogP contribution in [0, 0.1) is 0 Å². The number of aliphatic hydroxyl groups is 1. The third-order valence-electron chi connectivity index (χ3n) is 2.75. The molecule has 0 aromatic rings. The van der Waals surface area contributed by atoms with Gasteiger partial charge in [-0.3, -0.25) is 0 Å². The lowest BCUT2D eigenvalue weighted by atomic mass is 9.87. The Bertz CT molecular complexity index is 200. The fourth-order valence-electron chi connectivity index (χ4n) is 2.22. The lowest BCUT2D eigenvalue weighted by Crippen LogP contribution is -2.53. The number of ether oxygens (including phenoxy) is 1. The Labute approximate surface area is 93.2 Å². The molecule has 3 heteroatoms. The summed E-state index contributed by atoms with van der Waals surface area (Å²) in [5.74, 6) is 0. The summed E-state index contributed by atoms with van der Waals surface area (Å²) in [6, 6.07) is 0. The molecule has 0 aromatic heterocycles. The molecule has 3 nitrogen and oxygen atoms in total. The molecule has 1 fully saturated rings. The second kappa shape index (κ2) is 4.40. The Hall–Kier alpha value is -0.120. The zero-order chi connectivity index (χ0) is 11.7. The number of nitrogens with one attached hydrogen (secondary N) is 1. The molecule has 0 amide bonds. The highest BCUT2D eigenvalue weighted by Crippen LogP contribution is 2.28. The summed E-state index contributed by atoms with van der Waals surface area (Å²) in [4.78, 5) is 0. The number of rotatable bonds is 2. The lowest BCUT2D eigenvalue weighted by Gasteiger charge is -2.40. The van der Waals surface area contributed by atoms with Gasteiger partial charge in [0.1, 0.15) is 0 Å². The van der Waals surface area contributed by atoms with Crippen molar-refractivity contribution < 1.29 is 9.84 Å². The highest BCUT2D eigenvalue weighted by Gasteiger charge is 2.37. The zero-order valence-electron chi connectivity index (χ0n) is 10.6. The minimum Gasteiger partial charge on any atom is -0.388 e. The van der Waals surface area contributed by atoms with Gasteiger partial charge in [0.05, 0.1) is 17.8 Å². The van der Waals surface area contributed by atoms with Crippen LogP contribution >= 0.6 is 0 Å². The van der Waals surface area contributed by atoms with Gasteiger partial charge in [0, 0.05) is 24.9 Å². The molecule has 0 aliphatic carbocycles. The molecule has 1 aliphatic heterocycles. The second-order valence-corrected chi connectivity index (χ2v) is 5.99. The van der Waals surface area contributed by atoms with Crippen LogP contribution in [0.2, 0.25) is 0 Å². The number of β-amino-alcohol motifs (C(OH)–C–C–N with tert-alkyl or cyclic N) is 1. The first-order chi connectivity index (χ1) is 6.70. The van der Waals surface area contributed by atoms with E-state index in [4.69, 9.17) is 4.74 Å². The minimum atomic E-state index is -0.607. The molecule has 90 valence electrons. The van der Waals surface area contributed by atoms with Crippen LogP contribution in [0.3, 0.4) is 0 Å². The van der Waals surface area contributed by atoms with E-state index in [1.54, 1.807) is 0 Å². The van der Waals surface area contributed by atoms with Gasteiger partial charge in [0.25, 0.3) is 0 Å². The van der Waals surface area contributed by atoms with Crippen molar-refractivity contribution in [2.45, 2.75) is 70.8 Å². The summed E-state index contributed by atoms with van der Waals surface area (Å²) < 4.78 is 5.63. The average Bonchev–Trinajstić information content (AvgIpc) is 1.97. The van der Waals surface area contributed by atoms with Crippen molar-refractivity contribution in [1.82, 2.24) is 5.32 Å². The van der Waals surface area contributed by atoms with E-state index in [1.165, 1.54) is 0 Å². The van der Waals surface area contributed by atoms with Crippen LogP contribution in [0.25, 0.3) is 0 Å². The molecule has 1 aliphatic rings. The van der Waals surface area contributed by atoms with Gasteiger partial charge >= 0.3 is 0 Å². The molecular weight excluding hydrogens is 190 g/mol. The van der Waals surface area contributed by atoms with Gasteiger partial charge in [0.2, 0.25) is 0 Å². The van der Waals surface area contributed by atoms with E-state index in [9.17, 15) is 5.11 Å². The Balaban J connectivity index is 2.50. The van der Waals surface area contributed by atoms with Crippen molar-refractivity contribution in [1.29, 1.82) is 0 Å². The molecule has 2 N–H and O–H groups in total. The van der Waals surface area contributed by atoms with Gasteiger partial charge < -0.3 is 15.2 Å². The van der Waals surface area contributed by atoms with Crippen LogP contribution in [0.5, 0.6) is 0 Å². The number of hydrogen-bond donors (Lipinski definition) is 2. The van der Waals surface area contributed by atoms with Gasteiger partial charge in [0.15, 0.2) is 0 Å². The quantitative estimate of drug-likeness (QED) is 0.736. The standard InChI is InChI=1S/C12H25NO2/c1-9-6-12(14,7-10(2)15-9)8-13-11(3,4)5/h9-10,13-14H,6-8H2,1-5H3. The first-order valence-corrected chi connectivity index (χ1v) is 5.83. The molecule has 2 atom stereocenters. The van der Waals surface area contributed by atoms with Crippen molar-refractivity contribution in [3.8, 4) is 0 Å². The molecule has 0 saturated carbocycles. The zero-order valence-corrected chi connectivity index (χ0v) is 10.6. The summed E-state index contributed by atoms with van der Waals surface area (Å²) in [6.45, 7) is 11.0. The summed E-state index contributed by atoms with van der Waals surface area (Å²) in [5.41, 5.74) is -0.551. The molecular formula is C12H25NO2. The molecule has 1 rings (SSSR count). The highest BCUT2D eigenvalue weighted by molar-refractivity contribution is 4.91. The molecule has 0 spiro atoms. The third-order valence-corrected chi connectivity index (χ3v) is 2.75. The normalized spacial score (nSPS) is 38.0. The van der Waals surface area contributed by atoms with E-state index in [-0.39, 0.29) is 17.7 Å². The van der Waals surface area contributed by atoms with Gasteiger partial charge in [-0.25, -0.2) is 0 Å². The van der Waals surface area contributed by atoms with Crippen LogP contribution in [0.1, 0.15) is 47.5 Å². The molecule has 15 heavy (non-hydrogen) atoms. The molecule has 0 radical (unpaired) electrons. The lowest BCUT2D eigenvalue weighted by molar-refractivity contribution is -0.131. The molecule has 1 heterocycles. The smallest absolute Gasteiger partial charge is 0.0820 e. The fraction of sp³-hybridized carbons (Fsp3) is 1.00. The minimum absolute atomic E-state index is 0.0561. The molecule has 1 saturated heterocycles. The van der Waals surface area contributed by atoms with Crippen molar-refractivity contribution in [2.24, 2.45) is 0 Å². The van der Waals surface area contributed by atoms with E-state index in [0.717, 1.165) is 12.8 Å². The number of hydrogen-bond acceptors (Lipinski definition) is 3. The van der Waals surface area contributed by atoms with Gasteiger partial charge in [-0.15, -0.1) is 0 Å².